The lowest BCUT2D eigenvalue weighted by Gasteiger charge is -2.26. The summed E-state index contributed by atoms with van der Waals surface area (Å²) in [5.41, 5.74) is 5.86. The highest BCUT2D eigenvalue weighted by Gasteiger charge is 2.21. The Hall–Kier alpha value is -1.80. The maximum Gasteiger partial charge on any atom is 0.255 e. The number of rotatable bonds is 4. The van der Waals surface area contributed by atoms with Gasteiger partial charge in [-0.15, -0.1) is 0 Å². The SMILES string of the molecule is CC(C)N(CCC#N)C(=O)c1cc(N)ncc1Cl. The third-order valence-electron chi connectivity index (χ3n) is 2.46. The molecule has 1 amide bonds. The lowest BCUT2D eigenvalue weighted by atomic mass is 10.2. The normalized spacial score (nSPS) is 10.2. The predicted molar refractivity (Wildman–Crippen MR) is 70.1 cm³/mol. The van der Waals surface area contributed by atoms with E-state index in [9.17, 15) is 4.79 Å². The van der Waals surface area contributed by atoms with E-state index in [1.54, 1.807) is 4.90 Å². The standard InChI is InChI=1S/C12H15ClN4O/c1-8(2)17(5-3-4-14)12(18)9-6-11(15)16-7-10(9)13/h6-8H,3,5H2,1-2H3,(H2,15,16). The van der Waals surface area contributed by atoms with E-state index in [1.807, 2.05) is 19.9 Å². The van der Waals surface area contributed by atoms with Crippen LogP contribution >= 0.6 is 11.6 Å². The first kappa shape index (κ1) is 14.3. The molecule has 5 nitrogen and oxygen atoms in total. The van der Waals surface area contributed by atoms with Gasteiger partial charge in [-0.2, -0.15) is 5.26 Å². The van der Waals surface area contributed by atoms with Crippen LogP contribution in [-0.2, 0) is 0 Å². The second kappa shape index (κ2) is 6.22. The van der Waals surface area contributed by atoms with Crippen molar-refractivity contribution < 1.29 is 4.79 Å². The van der Waals surface area contributed by atoms with Crippen LogP contribution in [0.4, 0.5) is 5.82 Å². The number of nitrogens with two attached hydrogens (primary N) is 1. The van der Waals surface area contributed by atoms with Gasteiger partial charge < -0.3 is 10.6 Å². The maximum atomic E-state index is 12.3. The van der Waals surface area contributed by atoms with Gasteiger partial charge in [0.2, 0.25) is 0 Å². The molecule has 0 atom stereocenters. The molecule has 0 unspecified atom stereocenters. The Bertz CT molecular complexity index is 481. The van der Waals surface area contributed by atoms with Crippen molar-refractivity contribution >= 4 is 23.3 Å². The van der Waals surface area contributed by atoms with Crippen LogP contribution in [-0.4, -0.2) is 28.4 Å². The smallest absolute Gasteiger partial charge is 0.255 e. The van der Waals surface area contributed by atoms with Crippen molar-refractivity contribution in [3.63, 3.8) is 0 Å². The van der Waals surface area contributed by atoms with Gasteiger partial charge in [0.05, 0.1) is 23.1 Å². The number of hydrogen-bond acceptors (Lipinski definition) is 4. The minimum Gasteiger partial charge on any atom is -0.384 e. The Kier molecular flexibility index (Phi) is 4.93. The molecule has 0 saturated heterocycles. The molecule has 0 saturated carbocycles. The van der Waals surface area contributed by atoms with Crippen molar-refractivity contribution in [1.82, 2.24) is 9.88 Å². The molecule has 0 radical (unpaired) electrons. The molecule has 1 aromatic heterocycles. The van der Waals surface area contributed by atoms with E-state index in [4.69, 9.17) is 22.6 Å². The molecule has 0 fully saturated rings. The van der Waals surface area contributed by atoms with Gasteiger partial charge in [-0.1, -0.05) is 11.6 Å². The number of aromatic nitrogens is 1. The van der Waals surface area contributed by atoms with Crippen molar-refractivity contribution in [2.75, 3.05) is 12.3 Å². The van der Waals surface area contributed by atoms with Gasteiger partial charge in [-0.25, -0.2) is 4.98 Å². The lowest BCUT2D eigenvalue weighted by Crippen LogP contribution is -2.37. The van der Waals surface area contributed by atoms with Crippen LogP contribution in [0.5, 0.6) is 0 Å². The van der Waals surface area contributed by atoms with Crippen molar-refractivity contribution in [3.05, 3.63) is 22.8 Å². The number of nitrogens with zero attached hydrogens (tertiary/aromatic N) is 3. The molecular formula is C12H15ClN4O. The minimum absolute atomic E-state index is 0.0173. The van der Waals surface area contributed by atoms with Crippen LogP contribution in [0.15, 0.2) is 12.3 Å². The van der Waals surface area contributed by atoms with Crippen LogP contribution in [0.2, 0.25) is 5.02 Å². The highest BCUT2D eigenvalue weighted by molar-refractivity contribution is 6.33. The number of halogens is 1. The number of nitrogen functional groups attached to an aromatic ring is 1. The summed E-state index contributed by atoms with van der Waals surface area (Å²) in [5.74, 6) is 0.00564. The molecule has 1 heterocycles. The molecule has 0 aromatic carbocycles. The van der Waals surface area contributed by atoms with Gasteiger partial charge in [-0.05, 0) is 19.9 Å². The molecule has 2 N–H and O–H groups in total. The highest BCUT2D eigenvalue weighted by Crippen LogP contribution is 2.19. The van der Waals surface area contributed by atoms with E-state index in [0.29, 0.717) is 12.1 Å². The number of anilines is 1. The Morgan fingerprint density at radius 3 is 2.89 bits per heavy atom. The Morgan fingerprint density at radius 2 is 2.33 bits per heavy atom. The molecule has 1 rings (SSSR count). The molecule has 6 heteroatoms. The van der Waals surface area contributed by atoms with E-state index in [0.717, 1.165) is 0 Å². The van der Waals surface area contributed by atoms with E-state index in [2.05, 4.69) is 4.98 Å². The average Bonchev–Trinajstić information content (AvgIpc) is 2.32. The summed E-state index contributed by atoms with van der Waals surface area (Å²) in [5, 5.41) is 8.86. The first-order chi connectivity index (χ1) is 8.47. The fourth-order valence-electron chi connectivity index (χ4n) is 1.54. The summed E-state index contributed by atoms with van der Waals surface area (Å²) >= 11 is 5.94. The van der Waals surface area contributed by atoms with Gasteiger partial charge in [0.1, 0.15) is 5.82 Å². The molecule has 0 aliphatic carbocycles. The number of pyridine rings is 1. The van der Waals surface area contributed by atoms with Crippen LogP contribution in [0.25, 0.3) is 0 Å². The van der Waals surface area contributed by atoms with Gasteiger partial charge in [0.25, 0.3) is 5.91 Å². The van der Waals surface area contributed by atoms with Crippen LogP contribution in [0.3, 0.4) is 0 Å². The second-order valence-electron chi connectivity index (χ2n) is 4.09. The van der Waals surface area contributed by atoms with Crippen molar-refractivity contribution in [2.24, 2.45) is 0 Å². The van der Waals surface area contributed by atoms with Gasteiger partial charge >= 0.3 is 0 Å². The highest BCUT2D eigenvalue weighted by atomic mass is 35.5. The fraction of sp³-hybridized carbons (Fsp3) is 0.417. The molecule has 18 heavy (non-hydrogen) atoms. The molecule has 0 aliphatic heterocycles. The van der Waals surface area contributed by atoms with E-state index < -0.39 is 0 Å². The van der Waals surface area contributed by atoms with Crippen LogP contribution in [0, 0.1) is 11.3 Å². The van der Waals surface area contributed by atoms with Crippen LogP contribution in [0.1, 0.15) is 30.6 Å². The Balaban J connectivity index is 3.02. The first-order valence-electron chi connectivity index (χ1n) is 5.56. The summed E-state index contributed by atoms with van der Waals surface area (Å²) in [6.45, 7) is 4.13. The maximum absolute atomic E-state index is 12.3. The number of nitriles is 1. The third-order valence-corrected chi connectivity index (χ3v) is 2.76. The van der Waals surface area contributed by atoms with E-state index in [-0.39, 0.29) is 29.2 Å². The minimum atomic E-state index is -0.237. The molecule has 1 aromatic rings. The number of amides is 1. The molecule has 0 spiro atoms. The molecule has 0 bridgehead atoms. The van der Waals surface area contributed by atoms with Gasteiger partial charge in [0.15, 0.2) is 0 Å². The van der Waals surface area contributed by atoms with Crippen molar-refractivity contribution in [1.29, 1.82) is 5.26 Å². The number of hydrogen-bond donors (Lipinski definition) is 1. The Morgan fingerprint density at radius 1 is 1.67 bits per heavy atom. The predicted octanol–water partition coefficient (Wildman–Crippen LogP) is 2.08. The van der Waals surface area contributed by atoms with Crippen LogP contribution < -0.4 is 5.73 Å². The summed E-state index contributed by atoms with van der Waals surface area (Å²) < 4.78 is 0. The topological polar surface area (TPSA) is 83.0 Å². The molecule has 0 aliphatic rings. The number of carbonyl (C=O) groups is 1. The summed E-state index contributed by atoms with van der Waals surface area (Å²) in [6, 6.07) is 3.45. The Labute approximate surface area is 111 Å². The monoisotopic (exact) mass is 266 g/mol. The average molecular weight is 267 g/mol. The van der Waals surface area contributed by atoms with Gasteiger partial charge in [-0.3, -0.25) is 4.79 Å². The summed E-state index contributed by atoms with van der Waals surface area (Å²) in [4.78, 5) is 17.7. The molecule has 96 valence electrons. The zero-order valence-electron chi connectivity index (χ0n) is 10.4. The quantitative estimate of drug-likeness (QED) is 0.904. The third kappa shape index (κ3) is 3.34. The largest absolute Gasteiger partial charge is 0.384 e. The zero-order valence-corrected chi connectivity index (χ0v) is 11.1. The van der Waals surface area contributed by atoms with Crippen molar-refractivity contribution in [2.45, 2.75) is 26.3 Å². The van der Waals surface area contributed by atoms with Crippen molar-refractivity contribution in [3.8, 4) is 6.07 Å². The summed E-state index contributed by atoms with van der Waals surface area (Å²) in [7, 11) is 0. The second-order valence-corrected chi connectivity index (χ2v) is 4.50. The molecular weight excluding hydrogens is 252 g/mol. The lowest BCUT2D eigenvalue weighted by molar-refractivity contribution is 0.0710. The van der Waals surface area contributed by atoms with E-state index >= 15 is 0 Å². The van der Waals surface area contributed by atoms with E-state index in [1.165, 1.54) is 12.3 Å². The van der Waals surface area contributed by atoms with Gasteiger partial charge in [0, 0.05) is 18.8 Å². The summed E-state index contributed by atoms with van der Waals surface area (Å²) in [6.07, 6.45) is 1.63. The fourth-order valence-corrected chi connectivity index (χ4v) is 1.72. The zero-order chi connectivity index (χ0) is 13.7. The number of carbonyl (C=O) groups excluding carboxylic acids is 1. The first-order valence-corrected chi connectivity index (χ1v) is 5.94.